The van der Waals surface area contributed by atoms with Crippen molar-refractivity contribution in [3.63, 3.8) is 0 Å². The van der Waals surface area contributed by atoms with Gasteiger partial charge >= 0.3 is 0 Å². The van der Waals surface area contributed by atoms with Crippen molar-refractivity contribution in [1.29, 1.82) is 0 Å². The molecule has 2 amide bonds. The SMILES string of the molecule is C=C(CC1CC(=O)N(CCCC)C1=O)/C(O)=C\C(O)=C/C. The number of rotatable bonds is 7. The second-order valence-electron chi connectivity index (χ2n) is 5.19. The summed E-state index contributed by atoms with van der Waals surface area (Å²) in [5, 5.41) is 19.1. The van der Waals surface area contributed by atoms with Crippen molar-refractivity contribution in [1.82, 2.24) is 4.90 Å². The summed E-state index contributed by atoms with van der Waals surface area (Å²) in [6, 6.07) is 0. The Hall–Kier alpha value is -2.04. The molecule has 0 aliphatic carbocycles. The molecule has 5 nitrogen and oxygen atoms in total. The van der Waals surface area contributed by atoms with E-state index in [1.165, 1.54) is 17.1 Å². The van der Waals surface area contributed by atoms with Gasteiger partial charge in [-0.2, -0.15) is 0 Å². The lowest BCUT2D eigenvalue weighted by Gasteiger charge is -2.14. The summed E-state index contributed by atoms with van der Waals surface area (Å²) in [7, 11) is 0. The molecule has 1 rings (SSSR count). The summed E-state index contributed by atoms with van der Waals surface area (Å²) in [5.41, 5.74) is 0.340. The summed E-state index contributed by atoms with van der Waals surface area (Å²) in [6.45, 7) is 7.80. The highest BCUT2D eigenvalue weighted by molar-refractivity contribution is 6.03. The number of aliphatic hydroxyl groups is 2. The van der Waals surface area contributed by atoms with Crippen LogP contribution in [-0.4, -0.2) is 33.5 Å². The van der Waals surface area contributed by atoms with Gasteiger partial charge in [0.2, 0.25) is 11.8 Å². The first kappa shape index (κ1) is 17.0. The number of carbonyl (C=O) groups is 2. The van der Waals surface area contributed by atoms with E-state index in [9.17, 15) is 19.8 Å². The molecule has 0 aromatic heterocycles. The number of aliphatic hydroxyl groups excluding tert-OH is 2. The molecule has 0 aromatic rings. The molecule has 1 aliphatic heterocycles. The van der Waals surface area contributed by atoms with Crippen molar-refractivity contribution in [2.24, 2.45) is 5.92 Å². The van der Waals surface area contributed by atoms with E-state index >= 15 is 0 Å². The molecule has 0 bridgehead atoms. The minimum absolute atomic E-state index is 0.0768. The van der Waals surface area contributed by atoms with Gasteiger partial charge in [-0.3, -0.25) is 14.5 Å². The maximum atomic E-state index is 12.2. The van der Waals surface area contributed by atoms with Gasteiger partial charge in [-0.25, -0.2) is 0 Å². The van der Waals surface area contributed by atoms with E-state index in [0.717, 1.165) is 12.8 Å². The average molecular weight is 293 g/mol. The Bertz CT molecular complexity index is 491. The van der Waals surface area contributed by atoms with Crippen LogP contribution in [0.25, 0.3) is 0 Å². The molecular formula is C16H23NO4. The van der Waals surface area contributed by atoms with Crippen LogP contribution in [0, 0.1) is 5.92 Å². The molecule has 1 fully saturated rings. The molecule has 116 valence electrons. The molecule has 0 saturated carbocycles. The number of nitrogens with zero attached hydrogens (tertiary/aromatic N) is 1. The van der Waals surface area contributed by atoms with Crippen LogP contribution in [0.3, 0.4) is 0 Å². The van der Waals surface area contributed by atoms with Crippen molar-refractivity contribution in [2.75, 3.05) is 6.54 Å². The standard InChI is InChI=1S/C16H23NO4/c1-4-6-7-17-15(20)9-12(16(17)21)8-11(3)14(19)10-13(18)5-2/h5,10,12,18-19H,3-4,6-9H2,1-2H3/b13-5+,14-10+. The topological polar surface area (TPSA) is 77.8 Å². The number of imide groups is 1. The second-order valence-corrected chi connectivity index (χ2v) is 5.19. The van der Waals surface area contributed by atoms with Gasteiger partial charge in [-0.1, -0.05) is 19.9 Å². The highest BCUT2D eigenvalue weighted by atomic mass is 16.3. The number of carbonyl (C=O) groups excluding carboxylic acids is 2. The van der Waals surface area contributed by atoms with Gasteiger partial charge in [0.05, 0.1) is 5.92 Å². The molecule has 0 aromatic carbocycles. The summed E-state index contributed by atoms with van der Waals surface area (Å²) < 4.78 is 0. The summed E-state index contributed by atoms with van der Waals surface area (Å²) >= 11 is 0. The number of allylic oxidation sites excluding steroid dienone is 3. The molecule has 1 unspecified atom stereocenters. The van der Waals surface area contributed by atoms with Crippen LogP contribution >= 0.6 is 0 Å². The minimum atomic E-state index is -0.467. The molecule has 21 heavy (non-hydrogen) atoms. The maximum Gasteiger partial charge on any atom is 0.233 e. The third-order valence-corrected chi connectivity index (χ3v) is 3.51. The van der Waals surface area contributed by atoms with Crippen molar-refractivity contribution in [2.45, 2.75) is 39.5 Å². The fraction of sp³-hybridized carbons (Fsp3) is 0.500. The van der Waals surface area contributed by atoms with Crippen LogP contribution in [0.4, 0.5) is 0 Å². The van der Waals surface area contributed by atoms with Crippen molar-refractivity contribution in [3.8, 4) is 0 Å². The Morgan fingerprint density at radius 1 is 1.43 bits per heavy atom. The monoisotopic (exact) mass is 293 g/mol. The van der Waals surface area contributed by atoms with Gasteiger partial charge < -0.3 is 10.2 Å². The first-order valence-electron chi connectivity index (χ1n) is 7.19. The van der Waals surface area contributed by atoms with E-state index in [2.05, 4.69) is 6.58 Å². The fourth-order valence-electron chi connectivity index (χ4n) is 2.19. The summed E-state index contributed by atoms with van der Waals surface area (Å²) in [4.78, 5) is 25.3. The van der Waals surface area contributed by atoms with E-state index < -0.39 is 5.92 Å². The Kier molecular flexibility index (Phi) is 6.21. The van der Waals surface area contributed by atoms with Crippen molar-refractivity contribution in [3.05, 3.63) is 35.8 Å². The molecule has 5 heteroatoms. The normalized spacial score (nSPS) is 20.3. The largest absolute Gasteiger partial charge is 0.508 e. The molecule has 1 atom stereocenters. The Morgan fingerprint density at radius 3 is 2.67 bits per heavy atom. The first-order valence-corrected chi connectivity index (χ1v) is 7.19. The van der Waals surface area contributed by atoms with E-state index in [1.54, 1.807) is 6.92 Å². The van der Waals surface area contributed by atoms with Crippen molar-refractivity contribution < 1.29 is 19.8 Å². The molecule has 0 spiro atoms. The zero-order chi connectivity index (χ0) is 16.0. The Labute approximate surface area is 125 Å². The Balaban J connectivity index is 2.68. The number of unbranched alkanes of at least 4 members (excludes halogenated alkanes) is 1. The van der Waals surface area contributed by atoms with Crippen LogP contribution < -0.4 is 0 Å². The number of amides is 2. The zero-order valence-corrected chi connectivity index (χ0v) is 12.6. The second kappa shape index (κ2) is 7.67. The zero-order valence-electron chi connectivity index (χ0n) is 12.6. The van der Waals surface area contributed by atoms with Crippen molar-refractivity contribution >= 4 is 11.8 Å². The summed E-state index contributed by atoms with van der Waals surface area (Å²) in [5.74, 6) is -1.07. The van der Waals surface area contributed by atoms with Gasteiger partial charge in [0.1, 0.15) is 11.5 Å². The van der Waals surface area contributed by atoms with Crippen LogP contribution in [0.2, 0.25) is 0 Å². The molecule has 2 N–H and O–H groups in total. The van der Waals surface area contributed by atoms with Crippen LogP contribution in [0.15, 0.2) is 35.8 Å². The lowest BCUT2D eigenvalue weighted by atomic mass is 9.97. The maximum absolute atomic E-state index is 12.2. The smallest absolute Gasteiger partial charge is 0.233 e. The molecule has 1 heterocycles. The predicted molar refractivity (Wildman–Crippen MR) is 80.6 cm³/mol. The third-order valence-electron chi connectivity index (χ3n) is 3.51. The van der Waals surface area contributed by atoms with E-state index in [1.807, 2.05) is 6.92 Å². The van der Waals surface area contributed by atoms with Gasteiger partial charge in [0, 0.05) is 19.0 Å². The predicted octanol–water partition coefficient (Wildman–Crippen LogP) is 3.01. The summed E-state index contributed by atoms with van der Waals surface area (Å²) in [6.07, 6.45) is 4.70. The van der Waals surface area contributed by atoms with Gasteiger partial charge in [-0.05, 0) is 31.4 Å². The van der Waals surface area contributed by atoms with Crippen LogP contribution in [-0.2, 0) is 9.59 Å². The lowest BCUT2D eigenvalue weighted by molar-refractivity contribution is -0.139. The lowest BCUT2D eigenvalue weighted by Crippen LogP contribution is -2.31. The number of hydrogen-bond donors (Lipinski definition) is 2. The van der Waals surface area contributed by atoms with Gasteiger partial charge in [-0.15, -0.1) is 0 Å². The third kappa shape index (κ3) is 4.48. The average Bonchev–Trinajstić information content (AvgIpc) is 2.71. The molecule has 0 radical (unpaired) electrons. The van der Waals surface area contributed by atoms with E-state index in [0.29, 0.717) is 12.1 Å². The minimum Gasteiger partial charge on any atom is -0.508 e. The van der Waals surface area contributed by atoms with Gasteiger partial charge in [0.25, 0.3) is 0 Å². The number of hydrogen-bond acceptors (Lipinski definition) is 4. The molecule has 1 aliphatic rings. The highest BCUT2D eigenvalue weighted by Crippen LogP contribution is 2.27. The first-order chi connectivity index (χ1) is 9.90. The fourth-order valence-corrected chi connectivity index (χ4v) is 2.19. The van der Waals surface area contributed by atoms with Gasteiger partial charge in [0.15, 0.2) is 0 Å². The van der Waals surface area contributed by atoms with Crippen LogP contribution in [0.1, 0.15) is 39.5 Å². The van der Waals surface area contributed by atoms with E-state index in [4.69, 9.17) is 0 Å². The van der Waals surface area contributed by atoms with Crippen LogP contribution in [0.5, 0.6) is 0 Å². The number of likely N-dealkylation sites (tertiary alicyclic amines) is 1. The molecular weight excluding hydrogens is 270 g/mol. The highest BCUT2D eigenvalue weighted by Gasteiger charge is 2.38. The van der Waals surface area contributed by atoms with E-state index in [-0.39, 0.29) is 36.2 Å². The molecule has 1 saturated heterocycles. The Morgan fingerprint density at radius 2 is 2.10 bits per heavy atom. The quantitative estimate of drug-likeness (QED) is 0.430.